The lowest BCUT2D eigenvalue weighted by Gasteiger charge is -1.98. The number of nitrogens with two attached hydrogens (primary N) is 1. The van der Waals surface area contributed by atoms with Crippen LogP contribution in [-0.4, -0.2) is 9.36 Å². The molecule has 0 spiro atoms. The summed E-state index contributed by atoms with van der Waals surface area (Å²) in [7, 11) is 0. The number of nitrogens with zero attached hydrogens (tertiary/aromatic N) is 2. The van der Waals surface area contributed by atoms with Crippen molar-refractivity contribution in [2.75, 3.05) is 5.73 Å². The van der Waals surface area contributed by atoms with Crippen LogP contribution in [0.25, 0.3) is 10.6 Å². The van der Waals surface area contributed by atoms with Gasteiger partial charge in [0.2, 0.25) is 5.95 Å². The van der Waals surface area contributed by atoms with Gasteiger partial charge in [0.15, 0.2) is 0 Å². The average Bonchev–Trinajstić information content (AvgIpc) is 2.50. The molecule has 2 rings (SSSR count). The van der Waals surface area contributed by atoms with Crippen molar-refractivity contribution in [3.05, 3.63) is 28.8 Å². The molecule has 2 aromatic rings. The minimum absolute atomic E-state index is 0.308. The fourth-order valence-electron chi connectivity index (χ4n) is 1.21. The van der Waals surface area contributed by atoms with Crippen molar-refractivity contribution in [1.82, 2.24) is 9.36 Å². The molecular formula is C9H8ClN3S. The zero-order valence-corrected chi connectivity index (χ0v) is 9.06. The second-order valence-electron chi connectivity index (χ2n) is 2.97. The van der Waals surface area contributed by atoms with E-state index in [0.29, 0.717) is 11.0 Å². The van der Waals surface area contributed by atoms with Gasteiger partial charge in [0.1, 0.15) is 5.01 Å². The first kappa shape index (κ1) is 9.43. The molecule has 1 aromatic heterocycles. The van der Waals surface area contributed by atoms with Gasteiger partial charge in [0, 0.05) is 10.6 Å². The molecule has 1 aromatic carbocycles. The van der Waals surface area contributed by atoms with Gasteiger partial charge < -0.3 is 5.73 Å². The number of hydrogen-bond acceptors (Lipinski definition) is 4. The molecule has 2 N–H and O–H groups in total. The van der Waals surface area contributed by atoms with Crippen molar-refractivity contribution in [3.63, 3.8) is 0 Å². The third kappa shape index (κ3) is 1.86. The highest BCUT2D eigenvalue weighted by Gasteiger charge is 2.05. The van der Waals surface area contributed by atoms with E-state index in [4.69, 9.17) is 17.3 Å². The topological polar surface area (TPSA) is 51.8 Å². The zero-order chi connectivity index (χ0) is 10.1. The molecule has 0 fully saturated rings. The van der Waals surface area contributed by atoms with Gasteiger partial charge in [-0.1, -0.05) is 11.6 Å². The van der Waals surface area contributed by atoms with E-state index in [1.165, 1.54) is 11.5 Å². The van der Waals surface area contributed by atoms with E-state index in [1.54, 1.807) is 0 Å². The predicted octanol–water partition coefficient (Wildman–Crippen LogP) is 2.75. The van der Waals surface area contributed by atoms with E-state index >= 15 is 0 Å². The summed E-state index contributed by atoms with van der Waals surface area (Å²) in [5.74, 6) is 0.308. The molecule has 0 saturated carbocycles. The Bertz CT molecular complexity index is 447. The molecule has 0 radical (unpaired) electrons. The SMILES string of the molecule is Cc1cc(Cl)cc(-c2nc(N)ns2)c1. The third-order valence-electron chi connectivity index (χ3n) is 1.73. The average molecular weight is 226 g/mol. The molecule has 3 nitrogen and oxygen atoms in total. The van der Waals surface area contributed by atoms with Crippen molar-refractivity contribution in [2.45, 2.75) is 6.92 Å². The first-order valence-electron chi connectivity index (χ1n) is 4.02. The second kappa shape index (κ2) is 3.55. The summed E-state index contributed by atoms with van der Waals surface area (Å²) in [6.45, 7) is 1.99. The molecule has 0 unspecified atom stereocenters. The second-order valence-corrected chi connectivity index (χ2v) is 4.16. The van der Waals surface area contributed by atoms with Gasteiger partial charge in [-0.25, -0.2) is 0 Å². The molecule has 72 valence electrons. The molecular weight excluding hydrogens is 218 g/mol. The van der Waals surface area contributed by atoms with Gasteiger partial charge in [-0.05, 0) is 42.2 Å². The summed E-state index contributed by atoms with van der Waals surface area (Å²) in [6.07, 6.45) is 0. The maximum atomic E-state index is 5.93. The van der Waals surface area contributed by atoms with Crippen LogP contribution in [0.3, 0.4) is 0 Å². The largest absolute Gasteiger partial charge is 0.367 e. The molecule has 1 heterocycles. The van der Waals surface area contributed by atoms with Crippen LogP contribution in [0.4, 0.5) is 5.95 Å². The summed E-state index contributed by atoms with van der Waals surface area (Å²) < 4.78 is 3.92. The number of halogens is 1. The van der Waals surface area contributed by atoms with E-state index < -0.39 is 0 Å². The normalized spacial score (nSPS) is 10.4. The minimum atomic E-state index is 0.308. The standard InChI is InChI=1S/C9H8ClN3S/c1-5-2-6(4-7(10)3-5)8-12-9(11)13-14-8/h2-4H,1H3,(H2,11,13). The van der Waals surface area contributed by atoms with Crippen LogP contribution in [0.2, 0.25) is 5.02 Å². The van der Waals surface area contributed by atoms with E-state index in [9.17, 15) is 0 Å². The van der Waals surface area contributed by atoms with Crippen LogP contribution in [0, 0.1) is 6.92 Å². The Morgan fingerprint density at radius 2 is 2.14 bits per heavy atom. The maximum Gasteiger partial charge on any atom is 0.232 e. The van der Waals surface area contributed by atoms with Gasteiger partial charge in [-0.15, -0.1) is 0 Å². The molecule has 0 amide bonds. The quantitative estimate of drug-likeness (QED) is 0.812. The van der Waals surface area contributed by atoms with E-state index in [2.05, 4.69) is 9.36 Å². The number of nitrogen functional groups attached to an aromatic ring is 1. The lowest BCUT2D eigenvalue weighted by Crippen LogP contribution is -1.86. The fraction of sp³-hybridized carbons (Fsp3) is 0.111. The van der Waals surface area contributed by atoms with Gasteiger partial charge >= 0.3 is 0 Å². The number of aryl methyl sites for hydroxylation is 1. The van der Waals surface area contributed by atoms with Crippen LogP contribution >= 0.6 is 23.1 Å². The molecule has 5 heteroatoms. The van der Waals surface area contributed by atoms with Gasteiger partial charge in [-0.3, -0.25) is 0 Å². The number of benzene rings is 1. The van der Waals surface area contributed by atoms with Crippen LogP contribution in [0.15, 0.2) is 18.2 Å². The van der Waals surface area contributed by atoms with Crippen molar-refractivity contribution in [3.8, 4) is 10.6 Å². The van der Waals surface area contributed by atoms with Gasteiger partial charge in [0.25, 0.3) is 0 Å². The zero-order valence-electron chi connectivity index (χ0n) is 7.49. The summed E-state index contributed by atoms with van der Waals surface area (Å²) in [5, 5.41) is 1.50. The Morgan fingerprint density at radius 1 is 1.36 bits per heavy atom. The third-order valence-corrected chi connectivity index (χ3v) is 2.73. The number of aromatic nitrogens is 2. The monoisotopic (exact) mass is 225 g/mol. The van der Waals surface area contributed by atoms with E-state index in [0.717, 1.165) is 16.1 Å². The van der Waals surface area contributed by atoms with Crippen molar-refractivity contribution < 1.29 is 0 Å². The van der Waals surface area contributed by atoms with E-state index in [-0.39, 0.29) is 0 Å². The summed E-state index contributed by atoms with van der Waals surface area (Å²) >= 11 is 7.21. The van der Waals surface area contributed by atoms with Crippen molar-refractivity contribution in [2.24, 2.45) is 0 Å². The van der Waals surface area contributed by atoms with Gasteiger partial charge in [-0.2, -0.15) is 9.36 Å². The summed E-state index contributed by atoms with van der Waals surface area (Å²) in [4.78, 5) is 4.09. The Labute approximate surface area is 90.7 Å². The number of anilines is 1. The lowest BCUT2D eigenvalue weighted by molar-refractivity contribution is 1.33. The van der Waals surface area contributed by atoms with Crippen molar-refractivity contribution >= 4 is 29.1 Å². The Kier molecular flexibility index (Phi) is 2.39. The van der Waals surface area contributed by atoms with Crippen LogP contribution < -0.4 is 5.73 Å². The molecule has 0 saturated heterocycles. The highest BCUT2D eigenvalue weighted by Crippen LogP contribution is 2.26. The van der Waals surface area contributed by atoms with Crippen LogP contribution in [0.1, 0.15) is 5.56 Å². The minimum Gasteiger partial charge on any atom is -0.367 e. The van der Waals surface area contributed by atoms with Crippen LogP contribution in [0.5, 0.6) is 0 Å². The maximum absolute atomic E-state index is 5.93. The molecule has 0 atom stereocenters. The smallest absolute Gasteiger partial charge is 0.232 e. The fourth-order valence-corrected chi connectivity index (χ4v) is 2.08. The Hall–Kier alpha value is -1.13. The lowest BCUT2D eigenvalue weighted by atomic mass is 10.1. The molecule has 0 aliphatic rings. The van der Waals surface area contributed by atoms with Crippen molar-refractivity contribution in [1.29, 1.82) is 0 Å². The van der Waals surface area contributed by atoms with Gasteiger partial charge in [0.05, 0.1) is 0 Å². The van der Waals surface area contributed by atoms with E-state index in [1.807, 2.05) is 25.1 Å². The summed E-state index contributed by atoms with van der Waals surface area (Å²) in [6, 6.07) is 5.76. The highest BCUT2D eigenvalue weighted by atomic mass is 35.5. The molecule has 0 aliphatic carbocycles. The number of hydrogen-bond donors (Lipinski definition) is 1. The first-order chi connectivity index (χ1) is 6.65. The summed E-state index contributed by atoms with van der Waals surface area (Å²) in [5.41, 5.74) is 7.51. The van der Waals surface area contributed by atoms with Crippen LogP contribution in [-0.2, 0) is 0 Å². The molecule has 0 aliphatic heterocycles. The highest BCUT2D eigenvalue weighted by molar-refractivity contribution is 7.09. The molecule has 14 heavy (non-hydrogen) atoms. The first-order valence-corrected chi connectivity index (χ1v) is 5.17. The number of rotatable bonds is 1. The Morgan fingerprint density at radius 3 is 2.71 bits per heavy atom. The molecule has 0 bridgehead atoms. The Balaban J connectivity index is 2.51. The predicted molar refractivity (Wildman–Crippen MR) is 59.5 cm³/mol.